The zero-order chi connectivity index (χ0) is 11.7. The van der Waals surface area contributed by atoms with Crippen LogP contribution in [0.5, 0.6) is 0 Å². The molecule has 5 heteroatoms. The molecular formula is C11H11N3O2. The molecule has 1 aromatic heterocycles. The second kappa shape index (κ2) is 3.84. The van der Waals surface area contributed by atoms with Crippen LogP contribution < -0.4 is 0 Å². The summed E-state index contributed by atoms with van der Waals surface area (Å²) >= 11 is 0. The number of nitrogens with zero attached hydrogens (tertiary/aromatic N) is 3. The van der Waals surface area contributed by atoms with Crippen LogP contribution in [0.2, 0.25) is 0 Å². The summed E-state index contributed by atoms with van der Waals surface area (Å²) < 4.78 is 0. The van der Waals surface area contributed by atoms with Crippen LogP contribution in [0.15, 0.2) is 23.9 Å². The van der Waals surface area contributed by atoms with Crippen molar-refractivity contribution in [2.45, 2.75) is 20.4 Å². The van der Waals surface area contributed by atoms with E-state index in [1.165, 1.54) is 11.0 Å². The number of carbonyl (C=O) groups is 2. The highest BCUT2D eigenvalue weighted by Crippen LogP contribution is 2.14. The van der Waals surface area contributed by atoms with Gasteiger partial charge in [-0.2, -0.15) is 0 Å². The average molecular weight is 217 g/mol. The van der Waals surface area contributed by atoms with Gasteiger partial charge in [0.05, 0.1) is 12.2 Å². The first-order chi connectivity index (χ1) is 7.58. The molecule has 2 rings (SSSR count). The summed E-state index contributed by atoms with van der Waals surface area (Å²) in [5.41, 5.74) is 1.13. The monoisotopic (exact) mass is 217 g/mol. The SMILES string of the molecule is CC1=CC(=O)N(Cc2ccnc(C)n2)C1=O. The van der Waals surface area contributed by atoms with Gasteiger partial charge in [-0.1, -0.05) is 0 Å². The van der Waals surface area contributed by atoms with Gasteiger partial charge in [-0.15, -0.1) is 0 Å². The number of rotatable bonds is 2. The van der Waals surface area contributed by atoms with E-state index in [1.807, 2.05) is 0 Å². The molecule has 2 amide bonds. The Labute approximate surface area is 92.8 Å². The summed E-state index contributed by atoms with van der Waals surface area (Å²) in [5, 5.41) is 0. The molecule has 0 saturated heterocycles. The molecule has 5 nitrogen and oxygen atoms in total. The molecule has 0 saturated carbocycles. The lowest BCUT2D eigenvalue weighted by atomic mass is 10.3. The van der Waals surface area contributed by atoms with Crippen molar-refractivity contribution in [3.63, 3.8) is 0 Å². The average Bonchev–Trinajstić information content (AvgIpc) is 2.45. The summed E-state index contributed by atoms with van der Waals surface area (Å²) in [5.74, 6) is 0.0984. The molecule has 1 aromatic rings. The Morgan fingerprint density at radius 3 is 2.62 bits per heavy atom. The summed E-state index contributed by atoms with van der Waals surface area (Å²) in [6.45, 7) is 3.60. The van der Waals surface area contributed by atoms with Crippen molar-refractivity contribution < 1.29 is 9.59 Å². The number of aromatic nitrogens is 2. The number of hydrogen-bond donors (Lipinski definition) is 0. The van der Waals surface area contributed by atoms with Crippen molar-refractivity contribution in [3.8, 4) is 0 Å². The fraction of sp³-hybridized carbons (Fsp3) is 0.273. The van der Waals surface area contributed by atoms with Crippen molar-refractivity contribution in [3.05, 3.63) is 35.4 Å². The van der Waals surface area contributed by atoms with Gasteiger partial charge in [0.2, 0.25) is 0 Å². The van der Waals surface area contributed by atoms with Gasteiger partial charge >= 0.3 is 0 Å². The van der Waals surface area contributed by atoms with Crippen LogP contribution in [0.25, 0.3) is 0 Å². The number of hydrogen-bond acceptors (Lipinski definition) is 4. The van der Waals surface area contributed by atoms with Gasteiger partial charge in [-0.3, -0.25) is 14.5 Å². The van der Waals surface area contributed by atoms with Crippen LogP contribution >= 0.6 is 0 Å². The van der Waals surface area contributed by atoms with E-state index >= 15 is 0 Å². The van der Waals surface area contributed by atoms with Gasteiger partial charge < -0.3 is 0 Å². The van der Waals surface area contributed by atoms with Crippen molar-refractivity contribution in [1.29, 1.82) is 0 Å². The topological polar surface area (TPSA) is 63.2 Å². The van der Waals surface area contributed by atoms with Crippen LogP contribution in [0.3, 0.4) is 0 Å². The Morgan fingerprint density at radius 2 is 2.06 bits per heavy atom. The molecule has 0 N–H and O–H groups in total. The smallest absolute Gasteiger partial charge is 0.256 e. The minimum Gasteiger partial charge on any atom is -0.269 e. The molecule has 0 atom stereocenters. The molecule has 0 fully saturated rings. The van der Waals surface area contributed by atoms with Crippen molar-refractivity contribution in [1.82, 2.24) is 14.9 Å². The molecule has 1 aliphatic heterocycles. The highest BCUT2D eigenvalue weighted by atomic mass is 16.2. The lowest BCUT2D eigenvalue weighted by Gasteiger charge is -2.13. The lowest BCUT2D eigenvalue weighted by molar-refractivity contribution is -0.137. The van der Waals surface area contributed by atoms with Crippen molar-refractivity contribution in [2.75, 3.05) is 0 Å². The molecule has 0 spiro atoms. The summed E-state index contributed by atoms with van der Waals surface area (Å²) in [6, 6.07) is 1.70. The van der Waals surface area contributed by atoms with Gasteiger partial charge in [0, 0.05) is 17.8 Å². The Balaban J connectivity index is 2.18. The minimum atomic E-state index is -0.279. The number of imide groups is 1. The molecule has 0 bridgehead atoms. The van der Waals surface area contributed by atoms with Gasteiger partial charge in [0.25, 0.3) is 11.8 Å². The third kappa shape index (κ3) is 1.84. The molecule has 1 aliphatic rings. The fourth-order valence-electron chi connectivity index (χ4n) is 1.54. The fourth-order valence-corrected chi connectivity index (χ4v) is 1.54. The summed E-state index contributed by atoms with van der Waals surface area (Å²) in [6.07, 6.45) is 2.96. The normalized spacial score (nSPS) is 15.6. The standard InChI is InChI=1S/C11H11N3O2/c1-7-5-10(15)14(11(7)16)6-9-3-4-12-8(2)13-9/h3-5H,6H2,1-2H3. The molecule has 82 valence electrons. The molecule has 16 heavy (non-hydrogen) atoms. The van der Waals surface area contributed by atoms with Crippen LogP contribution in [-0.4, -0.2) is 26.7 Å². The minimum absolute atomic E-state index is 0.203. The summed E-state index contributed by atoms with van der Waals surface area (Å²) in [4.78, 5) is 32.4. The van der Waals surface area contributed by atoms with E-state index < -0.39 is 0 Å². The van der Waals surface area contributed by atoms with Crippen molar-refractivity contribution >= 4 is 11.8 Å². The molecule has 0 unspecified atom stereocenters. The van der Waals surface area contributed by atoms with E-state index in [2.05, 4.69) is 9.97 Å². The molecule has 0 aromatic carbocycles. The van der Waals surface area contributed by atoms with Gasteiger partial charge in [-0.05, 0) is 19.9 Å². The second-order valence-corrected chi connectivity index (χ2v) is 3.65. The summed E-state index contributed by atoms with van der Waals surface area (Å²) in [7, 11) is 0. The highest BCUT2D eigenvalue weighted by Gasteiger charge is 2.28. The third-order valence-corrected chi connectivity index (χ3v) is 2.34. The molecule has 2 heterocycles. The number of carbonyl (C=O) groups excluding carboxylic acids is 2. The van der Waals surface area contributed by atoms with E-state index in [9.17, 15) is 9.59 Å². The van der Waals surface area contributed by atoms with E-state index in [4.69, 9.17) is 0 Å². The predicted molar refractivity (Wildman–Crippen MR) is 56.1 cm³/mol. The first-order valence-electron chi connectivity index (χ1n) is 4.90. The van der Waals surface area contributed by atoms with Gasteiger partial charge in [0.15, 0.2) is 0 Å². The Hall–Kier alpha value is -2.04. The van der Waals surface area contributed by atoms with E-state index in [1.54, 1.807) is 26.1 Å². The maximum absolute atomic E-state index is 11.6. The Morgan fingerprint density at radius 1 is 1.31 bits per heavy atom. The zero-order valence-electron chi connectivity index (χ0n) is 9.10. The first-order valence-corrected chi connectivity index (χ1v) is 4.90. The molecule has 0 radical (unpaired) electrons. The zero-order valence-corrected chi connectivity index (χ0v) is 9.10. The second-order valence-electron chi connectivity index (χ2n) is 3.65. The van der Waals surface area contributed by atoms with E-state index in [0.717, 1.165) is 0 Å². The number of amides is 2. The first kappa shape index (κ1) is 10.5. The Bertz CT molecular complexity index is 494. The van der Waals surface area contributed by atoms with E-state index in [0.29, 0.717) is 17.1 Å². The lowest BCUT2D eigenvalue weighted by Crippen LogP contribution is -2.30. The molecular weight excluding hydrogens is 206 g/mol. The van der Waals surface area contributed by atoms with Gasteiger partial charge in [-0.25, -0.2) is 9.97 Å². The van der Waals surface area contributed by atoms with Crippen LogP contribution in [0.1, 0.15) is 18.4 Å². The molecule has 0 aliphatic carbocycles. The van der Waals surface area contributed by atoms with Crippen molar-refractivity contribution in [2.24, 2.45) is 0 Å². The van der Waals surface area contributed by atoms with E-state index in [-0.39, 0.29) is 18.4 Å². The quantitative estimate of drug-likeness (QED) is 0.680. The number of aryl methyl sites for hydroxylation is 1. The highest BCUT2D eigenvalue weighted by molar-refractivity contribution is 6.15. The largest absolute Gasteiger partial charge is 0.269 e. The maximum Gasteiger partial charge on any atom is 0.256 e. The van der Waals surface area contributed by atoms with Gasteiger partial charge in [0.1, 0.15) is 5.82 Å². The van der Waals surface area contributed by atoms with Crippen LogP contribution in [-0.2, 0) is 16.1 Å². The third-order valence-electron chi connectivity index (χ3n) is 2.34. The maximum atomic E-state index is 11.6. The van der Waals surface area contributed by atoms with Crippen LogP contribution in [0, 0.1) is 6.92 Å². The predicted octanol–water partition coefficient (Wildman–Crippen LogP) is 0.600. The van der Waals surface area contributed by atoms with Crippen LogP contribution in [0.4, 0.5) is 0 Å². The Kier molecular flexibility index (Phi) is 2.52.